The van der Waals surface area contributed by atoms with E-state index in [1.54, 1.807) is 47.8 Å². The fourth-order valence-electron chi connectivity index (χ4n) is 4.07. The summed E-state index contributed by atoms with van der Waals surface area (Å²) in [6.45, 7) is 6.99. The largest absolute Gasteiger partial charge is 0.507 e. The standard InChI is InChI=1S/C27H27N3O4/c1-3-17-34-22-11-9-21(10-12-22)25(31)23-24(20-7-5-19(2)6-8-20)30(27(33)26(23)32)15-4-14-29-16-13-28-18-29/h3,5-13,16,18,24,31H,1,4,14-15,17H2,2H3/b25-23+/t24-/m0/s1. The number of hydrogen-bond acceptors (Lipinski definition) is 5. The zero-order chi connectivity index (χ0) is 24.1. The van der Waals surface area contributed by atoms with Crippen molar-refractivity contribution in [1.82, 2.24) is 14.5 Å². The van der Waals surface area contributed by atoms with Gasteiger partial charge in [-0.1, -0.05) is 42.5 Å². The highest BCUT2D eigenvalue weighted by atomic mass is 16.5. The van der Waals surface area contributed by atoms with E-state index in [1.807, 2.05) is 42.0 Å². The number of amides is 1. The quantitative estimate of drug-likeness (QED) is 0.225. The van der Waals surface area contributed by atoms with Gasteiger partial charge in [0.15, 0.2) is 0 Å². The number of aromatic nitrogens is 2. The summed E-state index contributed by atoms with van der Waals surface area (Å²) in [7, 11) is 0. The predicted molar refractivity (Wildman–Crippen MR) is 129 cm³/mol. The minimum absolute atomic E-state index is 0.0937. The Hall–Kier alpha value is -4.13. The molecule has 0 aliphatic carbocycles. The van der Waals surface area contributed by atoms with Gasteiger partial charge in [-0.05, 0) is 43.2 Å². The van der Waals surface area contributed by atoms with Gasteiger partial charge in [0, 0.05) is 31.0 Å². The Morgan fingerprint density at radius 1 is 1.12 bits per heavy atom. The maximum absolute atomic E-state index is 13.1. The van der Waals surface area contributed by atoms with Crippen LogP contribution in [-0.4, -0.2) is 44.4 Å². The van der Waals surface area contributed by atoms with Crippen LogP contribution < -0.4 is 4.74 Å². The number of aliphatic hydroxyl groups excluding tert-OH is 1. The van der Waals surface area contributed by atoms with Gasteiger partial charge in [-0.25, -0.2) is 4.98 Å². The second-order valence-corrected chi connectivity index (χ2v) is 8.18. The van der Waals surface area contributed by atoms with E-state index in [4.69, 9.17) is 4.74 Å². The van der Waals surface area contributed by atoms with Crippen molar-refractivity contribution in [2.75, 3.05) is 13.2 Å². The number of hydrogen-bond donors (Lipinski definition) is 1. The zero-order valence-electron chi connectivity index (χ0n) is 19.1. The van der Waals surface area contributed by atoms with Crippen LogP contribution in [0.15, 0.2) is 85.5 Å². The third-order valence-corrected chi connectivity index (χ3v) is 5.80. The molecule has 1 atom stereocenters. The lowest BCUT2D eigenvalue weighted by atomic mass is 9.94. The zero-order valence-corrected chi connectivity index (χ0v) is 19.1. The molecule has 0 radical (unpaired) electrons. The average molecular weight is 458 g/mol. The number of ether oxygens (including phenoxy) is 1. The number of benzene rings is 2. The Morgan fingerprint density at radius 3 is 2.50 bits per heavy atom. The van der Waals surface area contributed by atoms with Gasteiger partial charge in [-0.3, -0.25) is 9.59 Å². The fourth-order valence-corrected chi connectivity index (χ4v) is 4.07. The Morgan fingerprint density at radius 2 is 1.85 bits per heavy atom. The lowest BCUT2D eigenvalue weighted by molar-refractivity contribution is -0.139. The highest BCUT2D eigenvalue weighted by molar-refractivity contribution is 6.46. The van der Waals surface area contributed by atoms with Gasteiger partial charge in [0.05, 0.1) is 17.9 Å². The number of likely N-dealkylation sites (tertiary alicyclic amines) is 1. The van der Waals surface area contributed by atoms with Gasteiger partial charge in [0.2, 0.25) is 0 Å². The number of imidazole rings is 1. The van der Waals surface area contributed by atoms with Crippen molar-refractivity contribution < 1.29 is 19.4 Å². The number of carbonyl (C=O) groups excluding carboxylic acids is 2. The van der Waals surface area contributed by atoms with Crippen LogP contribution in [0.1, 0.15) is 29.2 Å². The third-order valence-electron chi connectivity index (χ3n) is 5.80. The number of ketones is 1. The molecule has 174 valence electrons. The molecule has 3 aromatic rings. The highest BCUT2D eigenvalue weighted by Crippen LogP contribution is 2.39. The molecule has 2 aromatic carbocycles. The maximum Gasteiger partial charge on any atom is 0.295 e. The van der Waals surface area contributed by atoms with Gasteiger partial charge in [-0.2, -0.15) is 0 Å². The molecular weight excluding hydrogens is 430 g/mol. The molecule has 1 saturated heterocycles. The molecule has 1 amide bonds. The lowest BCUT2D eigenvalue weighted by Gasteiger charge is -2.25. The summed E-state index contributed by atoms with van der Waals surface area (Å²) in [6, 6.07) is 13.8. The van der Waals surface area contributed by atoms with Gasteiger partial charge in [0.1, 0.15) is 18.1 Å². The third kappa shape index (κ3) is 4.78. The van der Waals surface area contributed by atoms with E-state index in [-0.39, 0.29) is 11.3 Å². The molecular formula is C27H27N3O4. The first-order chi connectivity index (χ1) is 16.5. The van der Waals surface area contributed by atoms with Crippen LogP contribution in [0.3, 0.4) is 0 Å². The number of aliphatic hydroxyl groups is 1. The summed E-state index contributed by atoms with van der Waals surface area (Å²) < 4.78 is 7.42. The lowest BCUT2D eigenvalue weighted by Crippen LogP contribution is -2.31. The first kappa shape index (κ1) is 23.0. The Bertz CT molecular complexity index is 1200. The SMILES string of the molecule is C=CCOc1ccc(/C(O)=C2\C(=O)C(=O)N(CCCn3ccnc3)[C@H]2c2ccc(C)cc2)cc1. The van der Waals surface area contributed by atoms with Crippen LogP contribution in [-0.2, 0) is 16.1 Å². The number of aryl methyl sites for hydroxylation is 2. The van der Waals surface area contributed by atoms with Gasteiger partial charge in [0.25, 0.3) is 11.7 Å². The molecule has 0 spiro atoms. The summed E-state index contributed by atoms with van der Waals surface area (Å²) in [5.74, 6) is -0.871. The number of Topliss-reactive ketones (excluding diaryl/α,β-unsaturated/α-hetero) is 1. The van der Waals surface area contributed by atoms with Crippen LogP contribution in [0.25, 0.3) is 5.76 Å². The first-order valence-electron chi connectivity index (χ1n) is 11.1. The molecule has 2 heterocycles. The Kier molecular flexibility index (Phi) is 6.92. The van der Waals surface area contributed by atoms with Gasteiger partial charge < -0.3 is 19.3 Å². The van der Waals surface area contributed by atoms with E-state index in [0.29, 0.717) is 37.4 Å². The first-order valence-corrected chi connectivity index (χ1v) is 11.1. The smallest absolute Gasteiger partial charge is 0.295 e. The van der Waals surface area contributed by atoms with Crippen LogP contribution in [0, 0.1) is 6.92 Å². The number of rotatable bonds is 9. The minimum atomic E-state index is -0.683. The molecule has 34 heavy (non-hydrogen) atoms. The topological polar surface area (TPSA) is 84.7 Å². The maximum atomic E-state index is 13.1. The van der Waals surface area contributed by atoms with Crippen molar-refractivity contribution in [1.29, 1.82) is 0 Å². The molecule has 0 saturated carbocycles. The second-order valence-electron chi connectivity index (χ2n) is 8.18. The Labute approximate surface area is 198 Å². The van der Waals surface area contributed by atoms with E-state index < -0.39 is 17.7 Å². The number of carbonyl (C=O) groups is 2. The average Bonchev–Trinajstić information content (AvgIpc) is 3.45. The summed E-state index contributed by atoms with van der Waals surface area (Å²) in [4.78, 5) is 31.8. The second kappa shape index (κ2) is 10.2. The summed E-state index contributed by atoms with van der Waals surface area (Å²) in [5.41, 5.74) is 2.38. The van der Waals surface area contributed by atoms with Crippen LogP contribution in [0.4, 0.5) is 0 Å². The van der Waals surface area contributed by atoms with Crippen molar-refractivity contribution in [3.8, 4) is 5.75 Å². The molecule has 0 unspecified atom stereocenters. The van der Waals surface area contributed by atoms with Crippen LogP contribution in [0.5, 0.6) is 5.75 Å². The van der Waals surface area contributed by atoms with Crippen molar-refractivity contribution in [3.05, 3.63) is 102 Å². The van der Waals surface area contributed by atoms with Crippen LogP contribution >= 0.6 is 0 Å². The summed E-state index contributed by atoms with van der Waals surface area (Å²) in [5, 5.41) is 11.2. The van der Waals surface area contributed by atoms with Crippen molar-refractivity contribution in [2.45, 2.75) is 25.9 Å². The van der Waals surface area contributed by atoms with Gasteiger partial charge >= 0.3 is 0 Å². The van der Waals surface area contributed by atoms with Crippen LogP contribution in [0.2, 0.25) is 0 Å². The van der Waals surface area contributed by atoms with E-state index >= 15 is 0 Å². The van der Waals surface area contributed by atoms with Crippen molar-refractivity contribution in [2.24, 2.45) is 0 Å². The van der Waals surface area contributed by atoms with Crippen molar-refractivity contribution >= 4 is 17.4 Å². The molecule has 1 fully saturated rings. The van der Waals surface area contributed by atoms with E-state index in [2.05, 4.69) is 11.6 Å². The Balaban J connectivity index is 1.68. The number of nitrogens with zero attached hydrogens (tertiary/aromatic N) is 3. The summed E-state index contributed by atoms with van der Waals surface area (Å²) in [6.07, 6.45) is 7.55. The molecule has 0 bridgehead atoms. The summed E-state index contributed by atoms with van der Waals surface area (Å²) >= 11 is 0. The van der Waals surface area contributed by atoms with E-state index in [1.165, 1.54) is 0 Å². The molecule has 7 heteroatoms. The van der Waals surface area contributed by atoms with E-state index in [9.17, 15) is 14.7 Å². The molecule has 1 aliphatic rings. The minimum Gasteiger partial charge on any atom is -0.507 e. The highest BCUT2D eigenvalue weighted by Gasteiger charge is 2.45. The van der Waals surface area contributed by atoms with Crippen molar-refractivity contribution in [3.63, 3.8) is 0 Å². The van der Waals surface area contributed by atoms with E-state index in [0.717, 1.165) is 11.1 Å². The molecule has 7 nitrogen and oxygen atoms in total. The van der Waals surface area contributed by atoms with Gasteiger partial charge in [-0.15, -0.1) is 0 Å². The predicted octanol–water partition coefficient (Wildman–Crippen LogP) is 4.27. The molecule has 1 aromatic heterocycles. The molecule has 1 N–H and O–H groups in total. The fraction of sp³-hybridized carbons (Fsp3) is 0.222. The molecule has 1 aliphatic heterocycles. The normalized spacial score (nSPS) is 17.2. The monoisotopic (exact) mass is 457 g/mol. The molecule has 4 rings (SSSR count).